The first-order valence-electron chi connectivity index (χ1n) is 10.5. The summed E-state index contributed by atoms with van der Waals surface area (Å²) in [5.74, 6) is 1.90. The van der Waals surface area contributed by atoms with Crippen LogP contribution < -0.4 is 10.2 Å². The minimum Gasteiger partial charge on any atom is -0.356 e. The molecule has 5 nitrogen and oxygen atoms in total. The Morgan fingerprint density at radius 2 is 1.59 bits per heavy atom. The number of benzene rings is 1. The quantitative estimate of drug-likeness (QED) is 0.834. The van der Waals surface area contributed by atoms with Crippen molar-refractivity contribution in [1.82, 2.24) is 15.3 Å². The molecule has 156 valence electrons. The number of rotatable bonds is 3. The Kier molecular flexibility index (Phi) is 5.97. The fourth-order valence-corrected chi connectivity index (χ4v) is 3.43. The van der Waals surface area contributed by atoms with Gasteiger partial charge >= 0.3 is 0 Å². The van der Waals surface area contributed by atoms with E-state index in [2.05, 4.69) is 57.8 Å². The molecule has 1 fully saturated rings. The minimum atomic E-state index is -0.0992. The number of carbonyl (C=O) groups excluding carboxylic acids is 1. The monoisotopic (exact) mass is 394 g/mol. The van der Waals surface area contributed by atoms with E-state index >= 15 is 0 Å². The predicted octanol–water partition coefficient (Wildman–Crippen LogP) is 4.47. The van der Waals surface area contributed by atoms with Crippen LogP contribution in [0, 0.1) is 0 Å². The fourth-order valence-electron chi connectivity index (χ4n) is 3.43. The molecule has 0 bridgehead atoms. The molecule has 0 saturated carbocycles. The van der Waals surface area contributed by atoms with Crippen LogP contribution in [0.3, 0.4) is 0 Å². The Morgan fingerprint density at radius 1 is 0.966 bits per heavy atom. The molecule has 1 aliphatic heterocycles. The first kappa shape index (κ1) is 21.3. The molecule has 1 N–H and O–H groups in total. The topological polar surface area (TPSA) is 58.1 Å². The number of aromatic nitrogens is 2. The summed E-state index contributed by atoms with van der Waals surface area (Å²) in [6.45, 7) is 14.8. The summed E-state index contributed by atoms with van der Waals surface area (Å²) < 4.78 is 0. The van der Waals surface area contributed by atoms with Gasteiger partial charge in [-0.3, -0.25) is 4.79 Å². The highest BCUT2D eigenvalue weighted by Gasteiger charge is 2.27. The van der Waals surface area contributed by atoms with Crippen molar-refractivity contribution in [2.75, 3.05) is 18.0 Å². The summed E-state index contributed by atoms with van der Waals surface area (Å²) >= 11 is 0. The van der Waals surface area contributed by atoms with Crippen molar-refractivity contribution in [2.45, 2.75) is 71.3 Å². The second-order valence-electron chi connectivity index (χ2n) is 10.0. The number of hydrogen-bond donors (Lipinski definition) is 1. The third-order valence-corrected chi connectivity index (χ3v) is 5.34. The van der Waals surface area contributed by atoms with E-state index in [1.165, 1.54) is 0 Å². The van der Waals surface area contributed by atoms with Gasteiger partial charge in [0.2, 0.25) is 0 Å². The van der Waals surface area contributed by atoms with E-state index in [4.69, 9.17) is 9.97 Å². The van der Waals surface area contributed by atoms with Gasteiger partial charge in [0, 0.05) is 41.6 Å². The lowest BCUT2D eigenvalue weighted by atomic mass is 9.90. The molecule has 0 unspecified atom stereocenters. The van der Waals surface area contributed by atoms with E-state index in [1.54, 1.807) is 0 Å². The number of amides is 1. The third kappa shape index (κ3) is 5.34. The van der Waals surface area contributed by atoms with Crippen molar-refractivity contribution < 1.29 is 4.79 Å². The maximum Gasteiger partial charge on any atom is 0.251 e. The van der Waals surface area contributed by atoms with Gasteiger partial charge in [0.25, 0.3) is 5.91 Å². The Labute approximate surface area is 175 Å². The molecule has 1 aromatic carbocycles. The van der Waals surface area contributed by atoms with Crippen LogP contribution in [0.5, 0.6) is 0 Å². The smallest absolute Gasteiger partial charge is 0.251 e. The maximum absolute atomic E-state index is 12.4. The van der Waals surface area contributed by atoms with Gasteiger partial charge in [-0.25, -0.2) is 9.97 Å². The SMILES string of the molecule is CC(C)(C)c1cc(N2CCC(NC(=O)c3ccccc3)CC2)nc(C(C)(C)C)n1. The normalized spacial score (nSPS) is 16.0. The number of nitrogens with one attached hydrogen (secondary N) is 1. The Balaban J connectivity index is 1.71. The number of piperidine rings is 1. The van der Waals surface area contributed by atoms with Crippen LogP contribution in [-0.2, 0) is 10.8 Å². The summed E-state index contributed by atoms with van der Waals surface area (Å²) in [6, 6.07) is 11.8. The number of nitrogens with zero attached hydrogens (tertiary/aromatic N) is 3. The van der Waals surface area contributed by atoms with E-state index in [9.17, 15) is 4.79 Å². The first-order valence-corrected chi connectivity index (χ1v) is 10.5. The van der Waals surface area contributed by atoms with Crippen molar-refractivity contribution in [1.29, 1.82) is 0 Å². The second kappa shape index (κ2) is 8.13. The van der Waals surface area contributed by atoms with Crippen LogP contribution in [0.25, 0.3) is 0 Å². The zero-order valence-electron chi connectivity index (χ0n) is 18.6. The molecule has 1 amide bonds. The van der Waals surface area contributed by atoms with Gasteiger partial charge in [0.05, 0.1) is 5.69 Å². The Bertz CT molecular complexity index is 809. The molecule has 2 heterocycles. The molecule has 29 heavy (non-hydrogen) atoms. The standard InChI is InChI=1S/C24H34N4O/c1-23(2,3)19-16-20(27-22(26-19)24(4,5)6)28-14-12-18(13-15-28)25-21(29)17-10-8-7-9-11-17/h7-11,16,18H,12-15H2,1-6H3,(H,25,29). The van der Waals surface area contributed by atoms with Gasteiger partial charge in [0.1, 0.15) is 11.6 Å². The second-order valence-corrected chi connectivity index (χ2v) is 10.0. The minimum absolute atomic E-state index is 0.0103. The molecule has 3 rings (SSSR count). The lowest BCUT2D eigenvalue weighted by Gasteiger charge is -2.34. The molecule has 0 radical (unpaired) electrons. The van der Waals surface area contributed by atoms with Crippen LogP contribution in [0.4, 0.5) is 5.82 Å². The molecule has 2 aromatic rings. The van der Waals surface area contributed by atoms with Crippen molar-refractivity contribution in [3.05, 3.63) is 53.5 Å². The van der Waals surface area contributed by atoms with Crippen molar-refractivity contribution in [2.24, 2.45) is 0 Å². The third-order valence-electron chi connectivity index (χ3n) is 5.34. The molecule has 5 heteroatoms. The van der Waals surface area contributed by atoms with Crippen molar-refractivity contribution >= 4 is 11.7 Å². The zero-order chi connectivity index (χ0) is 21.2. The highest BCUT2D eigenvalue weighted by Crippen LogP contribution is 2.29. The zero-order valence-corrected chi connectivity index (χ0v) is 18.6. The van der Waals surface area contributed by atoms with Crippen LogP contribution >= 0.6 is 0 Å². The number of carbonyl (C=O) groups is 1. The van der Waals surface area contributed by atoms with Crippen molar-refractivity contribution in [3.8, 4) is 0 Å². The summed E-state index contributed by atoms with van der Waals surface area (Å²) in [4.78, 5) is 24.5. The van der Waals surface area contributed by atoms with E-state index in [0.29, 0.717) is 0 Å². The fraction of sp³-hybridized carbons (Fsp3) is 0.542. The van der Waals surface area contributed by atoms with Gasteiger partial charge in [-0.15, -0.1) is 0 Å². The van der Waals surface area contributed by atoms with Crippen LogP contribution in [0.1, 0.15) is 76.3 Å². The van der Waals surface area contributed by atoms with Gasteiger partial charge in [-0.05, 0) is 25.0 Å². The molecular weight excluding hydrogens is 360 g/mol. The van der Waals surface area contributed by atoms with Crippen LogP contribution in [0.2, 0.25) is 0 Å². The van der Waals surface area contributed by atoms with E-state index in [0.717, 1.165) is 48.8 Å². The highest BCUT2D eigenvalue weighted by atomic mass is 16.1. The lowest BCUT2D eigenvalue weighted by molar-refractivity contribution is 0.0931. The summed E-state index contributed by atoms with van der Waals surface area (Å²) in [5, 5.41) is 3.18. The van der Waals surface area contributed by atoms with E-state index in [1.807, 2.05) is 30.3 Å². The Hall–Kier alpha value is -2.43. The number of hydrogen-bond acceptors (Lipinski definition) is 4. The van der Waals surface area contributed by atoms with Gasteiger partial charge in [-0.1, -0.05) is 59.7 Å². The Morgan fingerprint density at radius 3 is 2.14 bits per heavy atom. The molecule has 1 saturated heterocycles. The van der Waals surface area contributed by atoms with Crippen LogP contribution in [-0.4, -0.2) is 35.0 Å². The van der Waals surface area contributed by atoms with Gasteiger partial charge in [-0.2, -0.15) is 0 Å². The largest absolute Gasteiger partial charge is 0.356 e. The maximum atomic E-state index is 12.4. The average molecular weight is 395 g/mol. The van der Waals surface area contributed by atoms with Gasteiger partial charge in [0.15, 0.2) is 0 Å². The average Bonchev–Trinajstić information content (AvgIpc) is 2.67. The van der Waals surface area contributed by atoms with Crippen molar-refractivity contribution in [3.63, 3.8) is 0 Å². The predicted molar refractivity (Wildman–Crippen MR) is 119 cm³/mol. The first-order chi connectivity index (χ1) is 13.5. The highest BCUT2D eigenvalue weighted by molar-refractivity contribution is 5.94. The summed E-state index contributed by atoms with van der Waals surface area (Å²) in [7, 11) is 0. The molecule has 1 aliphatic rings. The molecule has 0 atom stereocenters. The van der Waals surface area contributed by atoms with E-state index in [-0.39, 0.29) is 22.8 Å². The summed E-state index contributed by atoms with van der Waals surface area (Å²) in [6.07, 6.45) is 1.83. The molecule has 0 spiro atoms. The lowest BCUT2D eigenvalue weighted by Crippen LogP contribution is -2.45. The van der Waals surface area contributed by atoms with E-state index < -0.39 is 0 Å². The molecular formula is C24H34N4O. The summed E-state index contributed by atoms with van der Waals surface area (Å²) in [5.41, 5.74) is 1.67. The number of anilines is 1. The molecule has 0 aliphatic carbocycles. The van der Waals surface area contributed by atoms with Crippen LogP contribution in [0.15, 0.2) is 36.4 Å². The molecule has 1 aromatic heterocycles. The van der Waals surface area contributed by atoms with Gasteiger partial charge < -0.3 is 10.2 Å².